The lowest BCUT2D eigenvalue weighted by atomic mass is 10.0. The first-order chi connectivity index (χ1) is 12.5. The Morgan fingerprint density at radius 3 is 2.69 bits per heavy atom. The zero-order valence-corrected chi connectivity index (χ0v) is 15.6. The van der Waals surface area contributed by atoms with Crippen molar-refractivity contribution in [1.29, 1.82) is 0 Å². The van der Waals surface area contributed by atoms with Crippen LogP contribution >= 0.6 is 12.6 Å². The number of rotatable bonds is 4. The average Bonchev–Trinajstić information content (AvgIpc) is 3.02. The van der Waals surface area contributed by atoms with Gasteiger partial charge in [-0.15, -0.1) is 12.6 Å². The Kier molecular flexibility index (Phi) is 4.45. The number of Topliss-reactive ketones (excluding diaryl/α,β-unsaturated/α-hetero) is 1. The molecular formula is C22H21NO2S. The van der Waals surface area contributed by atoms with Crippen LogP contribution in [-0.4, -0.2) is 10.4 Å². The Labute approximate surface area is 158 Å². The molecule has 26 heavy (non-hydrogen) atoms. The summed E-state index contributed by atoms with van der Waals surface area (Å²) in [5.41, 5.74) is 3.76. The van der Waals surface area contributed by atoms with Crippen LogP contribution in [0.1, 0.15) is 34.8 Å². The minimum absolute atomic E-state index is 0.177. The highest BCUT2D eigenvalue weighted by Crippen LogP contribution is 2.31. The van der Waals surface area contributed by atoms with Crippen LogP contribution in [0.4, 0.5) is 0 Å². The van der Waals surface area contributed by atoms with E-state index in [1.165, 1.54) is 18.1 Å². The van der Waals surface area contributed by atoms with E-state index in [0.717, 1.165) is 35.1 Å². The van der Waals surface area contributed by atoms with E-state index < -0.39 is 0 Å². The number of ketones is 1. The molecule has 1 aliphatic carbocycles. The molecule has 1 aliphatic rings. The maximum atomic E-state index is 12.8. The van der Waals surface area contributed by atoms with E-state index in [1.807, 2.05) is 30.3 Å². The SMILES string of the molecule is CC(=O)c1cc2ccccc2n(CCC2Cc3ccc(S)cc3C2)c1=O. The summed E-state index contributed by atoms with van der Waals surface area (Å²) in [6.07, 6.45) is 2.99. The molecule has 0 amide bonds. The molecule has 0 bridgehead atoms. The predicted molar refractivity (Wildman–Crippen MR) is 107 cm³/mol. The molecule has 0 saturated carbocycles. The van der Waals surface area contributed by atoms with Gasteiger partial charge in [0.05, 0.1) is 11.1 Å². The second kappa shape index (κ2) is 6.76. The summed E-state index contributed by atoms with van der Waals surface area (Å²) >= 11 is 4.43. The zero-order valence-electron chi connectivity index (χ0n) is 14.7. The number of pyridine rings is 1. The Balaban J connectivity index is 1.63. The van der Waals surface area contributed by atoms with Crippen LogP contribution in [0.3, 0.4) is 0 Å². The summed E-state index contributed by atoms with van der Waals surface area (Å²) < 4.78 is 1.78. The molecule has 0 N–H and O–H groups in total. The smallest absolute Gasteiger partial charge is 0.261 e. The lowest BCUT2D eigenvalue weighted by molar-refractivity contribution is 0.101. The van der Waals surface area contributed by atoms with Crippen molar-refractivity contribution in [2.75, 3.05) is 0 Å². The fourth-order valence-electron chi connectivity index (χ4n) is 4.01. The Bertz CT molecular complexity index is 1070. The third-order valence-corrected chi connectivity index (χ3v) is 5.63. The first-order valence-corrected chi connectivity index (χ1v) is 9.42. The summed E-state index contributed by atoms with van der Waals surface area (Å²) in [5.74, 6) is 0.343. The second-order valence-corrected chi connectivity index (χ2v) is 7.66. The highest BCUT2D eigenvalue weighted by atomic mass is 32.1. The number of aryl methyl sites for hydroxylation is 1. The molecule has 4 heteroatoms. The van der Waals surface area contributed by atoms with Gasteiger partial charge in [-0.25, -0.2) is 0 Å². The normalized spacial score (nSPS) is 16.0. The van der Waals surface area contributed by atoms with Crippen LogP contribution < -0.4 is 5.56 Å². The number of carbonyl (C=O) groups is 1. The van der Waals surface area contributed by atoms with Gasteiger partial charge in [0, 0.05) is 11.4 Å². The van der Waals surface area contributed by atoms with E-state index in [4.69, 9.17) is 0 Å². The van der Waals surface area contributed by atoms with Crippen molar-refractivity contribution in [3.8, 4) is 0 Å². The van der Waals surface area contributed by atoms with Gasteiger partial charge in [-0.05, 0) is 72.9 Å². The fourth-order valence-corrected chi connectivity index (χ4v) is 4.24. The quantitative estimate of drug-likeness (QED) is 0.554. The fraction of sp³-hybridized carbons (Fsp3) is 0.273. The van der Waals surface area contributed by atoms with Gasteiger partial charge in [0.25, 0.3) is 5.56 Å². The summed E-state index contributed by atoms with van der Waals surface area (Å²) in [5, 5.41) is 0.937. The maximum Gasteiger partial charge on any atom is 0.261 e. The number of nitrogens with zero attached hydrogens (tertiary/aromatic N) is 1. The maximum absolute atomic E-state index is 12.8. The average molecular weight is 363 g/mol. The summed E-state index contributed by atoms with van der Waals surface area (Å²) in [7, 11) is 0. The van der Waals surface area contributed by atoms with E-state index in [-0.39, 0.29) is 16.9 Å². The van der Waals surface area contributed by atoms with Crippen LogP contribution in [0.25, 0.3) is 10.9 Å². The standard InChI is InChI=1S/C22H21NO2S/c1-14(24)20-13-17-4-2-3-5-21(17)23(22(20)25)9-8-15-10-16-6-7-19(26)12-18(16)11-15/h2-7,12-13,15,26H,8-11H2,1H3. The predicted octanol–water partition coefficient (Wildman–Crippen LogP) is 4.30. The molecule has 132 valence electrons. The van der Waals surface area contributed by atoms with Gasteiger partial charge in [0.15, 0.2) is 5.78 Å². The second-order valence-electron chi connectivity index (χ2n) is 7.15. The molecule has 1 heterocycles. The lowest BCUT2D eigenvalue weighted by Crippen LogP contribution is -2.27. The number of benzene rings is 2. The van der Waals surface area contributed by atoms with Gasteiger partial charge in [0.2, 0.25) is 0 Å². The minimum Gasteiger partial charge on any atom is -0.308 e. The number of para-hydroxylation sites is 1. The number of fused-ring (bicyclic) bond motifs is 2. The van der Waals surface area contributed by atoms with Crippen LogP contribution in [0.15, 0.2) is 58.2 Å². The first-order valence-electron chi connectivity index (χ1n) is 8.97. The molecule has 3 aromatic rings. The van der Waals surface area contributed by atoms with Crippen molar-refractivity contribution >= 4 is 29.3 Å². The van der Waals surface area contributed by atoms with E-state index >= 15 is 0 Å². The number of hydrogen-bond donors (Lipinski definition) is 1. The van der Waals surface area contributed by atoms with Gasteiger partial charge in [-0.1, -0.05) is 24.3 Å². The third-order valence-electron chi connectivity index (χ3n) is 5.35. The molecule has 1 atom stereocenters. The Morgan fingerprint density at radius 2 is 1.88 bits per heavy atom. The van der Waals surface area contributed by atoms with Crippen molar-refractivity contribution in [2.24, 2.45) is 5.92 Å². The van der Waals surface area contributed by atoms with Crippen molar-refractivity contribution in [2.45, 2.75) is 37.6 Å². The Hall–Kier alpha value is -2.33. The third kappa shape index (κ3) is 3.10. The summed E-state index contributed by atoms with van der Waals surface area (Å²) in [4.78, 5) is 25.7. The van der Waals surface area contributed by atoms with E-state index in [0.29, 0.717) is 12.5 Å². The van der Waals surface area contributed by atoms with Gasteiger partial charge < -0.3 is 4.57 Å². The van der Waals surface area contributed by atoms with Crippen LogP contribution in [0.2, 0.25) is 0 Å². The Morgan fingerprint density at radius 1 is 1.12 bits per heavy atom. The van der Waals surface area contributed by atoms with Crippen molar-refractivity contribution < 1.29 is 4.79 Å². The van der Waals surface area contributed by atoms with Crippen molar-refractivity contribution in [3.05, 3.63) is 75.6 Å². The van der Waals surface area contributed by atoms with Gasteiger partial charge in [-0.3, -0.25) is 9.59 Å². The van der Waals surface area contributed by atoms with E-state index in [9.17, 15) is 9.59 Å². The molecule has 3 nitrogen and oxygen atoms in total. The van der Waals surface area contributed by atoms with Gasteiger partial charge in [0.1, 0.15) is 0 Å². The molecule has 0 spiro atoms. The van der Waals surface area contributed by atoms with E-state index in [2.05, 4.69) is 24.8 Å². The van der Waals surface area contributed by atoms with Gasteiger partial charge >= 0.3 is 0 Å². The van der Waals surface area contributed by atoms with Crippen LogP contribution in [0, 0.1) is 5.92 Å². The molecule has 2 aromatic carbocycles. The van der Waals surface area contributed by atoms with Crippen LogP contribution in [-0.2, 0) is 19.4 Å². The molecule has 4 rings (SSSR count). The largest absolute Gasteiger partial charge is 0.308 e. The molecule has 0 radical (unpaired) electrons. The lowest BCUT2D eigenvalue weighted by Gasteiger charge is -2.14. The minimum atomic E-state index is -0.177. The van der Waals surface area contributed by atoms with Crippen LogP contribution in [0.5, 0.6) is 0 Å². The number of thiol groups is 1. The van der Waals surface area contributed by atoms with Gasteiger partial charge in [-0.2, -0.15) is 0 Å². The highest BCUT2D eigenvalue weighted by Gasteiger charge is 2.22. The number of aromatic nitrogens is 1. The molecule has 1 aromatic heterocycles. The molecular weight excluding hydrogens is 342 g/mol. The van der Waals surface area contributed by atoms with E-state index in [1.54, 1.807) is 10.6 Å². The van der Waals surface area contributed by atoms with Crippen molar-refractivity contribution in [3.63, 3.8) is 0 Å². The summed E-state index contributed by atoms with van der Waals surface area (Å²) in [6.45, 7) is 2.09. The monoisotopic (exact) mass is 363 g/mol. The molecule has 0 fully saturated rings. The highest BCUT2D eigenvalue weighted by molar-refractivity contribution is 7.80. The molecule has 0 aliphatic heterocycles. The summed E-state index contributed by atoms with van der Waals surface area (Å²) in [6, 6.07) is 15.9. The first kappa shape index (κ1) is 17.1. The number of carbonyl (C=O) groups excluding carboxylic acids is 1. The van der Waals surface area contributed by atoms with Crippen molar-refractivity contribution in [1.82, 2.24) is 4.57 Å². The number of hydrogen-bond acceptors (Lipinski definition) is 3. The molecule has 0 saturated heterocycles. The topological polar surface area (TPSA) is 39.1 Å². The zero-order chi connectivity index (χ0) is 18.3. The molecule has 1 unspecified atom stereocenters.